The number of carbonyl (C=O) groups is 3. The van der Waals surface area contributed by atoms with E-state index >= 15 is 0 Å². The van der Waals surface area contributed by atoms with E-state index in [0.717, 1.165) is 6.42 Å². The third kappa shape index (κ3) is 2.07. The van der Waals surface area contributed by atoms with Crippen LogP contribution in [-0.2, 0) is 14.4 Å². The lowest BCUT2D eigenvalue weighted by Crippen LogP contribution is -2.44. The van der Waals surface area contributed by atoms with E-state index in [1.807, 2.05) is 0 Å². The van der Waals surface area contributed by atoms with Gasteiger partial charge in [-0.1, -0.05) is 35.9 Å². The second kappa shape index (κ2) is 5.43. The van der Waals surface area contributed by atoms with E-state index in [-0.39, 0.29) is 48.1 Å². The van der Waals surface area contributed by atoms with Crippen LogP contribution in [0.4, 0.5) is 5.69 Å². The van der Waals surface area contributed by atoms with Crippen molar-refractivity contribution >= 4 is 35.0 Å². The minimum absolute atomic E-state index is 0.0709. The van der Waals surface area contributed by atoms with Gasteiger partial charge >= 0.3 is 0 Å². The number of amides is 3. The van der Waals surface area contributed by atoms with Gasteiger partial charge in [-0.25, -0.2) is 0 Å². The quantitative estimate of drug-likeness (QED) is 0.607. The molecule has 5 nitrogen and oxygen atoms in total. The fourth-order valence-corrected chi connectivity index (χ4v) is 5.55. The summed E-state index contributed by atoms with van der Waals surface area (Å²) in [5.74, 6) is 0.474. The molecule has 2 saturated carbocycles. The standard InChI is InChI=1S/C20H19ClN2O3/c1-10(24)22(16-5-3-2-4-15(16)21)9-23-19(25)17-11-6-7-12(14-8-13(11)14)18(17)20(23)26/h2-7,11-14,17-18H,8-9H2,1H3/t11-,12-,13-,14-,17-,18+/m1/s1. The molecule has 5 aliphatic rings. The zero-order chi connectivity index (χ0) is 18.2. The average Bonchev–Trinajstić information content (AvgIpc) is 3.40. The molecule has 26 heavy (non-hydrogen) atoms. The topological polar surface area (TPSA) is 57.7 Å². The number of likely N-dealkylation sites (tertiary alicyclic amines) is 1. The highest BCUT2D eigenvalue weighted by Crippen LogP contribution is 2.65. The van der Waals surface area contributed by atoms with E-state index in [9.17, 15) is 14.4 Å². The summed E-state index contributed by atoms with van der Waals surface area (Å²) in [4.78, 5) is 41.1. The number of hydrogen-bond acceptors (Lipinski definition) is 3. The van der Waals surface area contributed by atoms with Crippen molar-refractivity contribution in [2.75, 3.05) is 11.6 Å². The number of nitrogens with zero attached hydrogens (tertiary/aromatic N) is 2. The third-order valence-electron chi connectivity index (χ3n) is 6.56. The molecule has 3 amide bonds. The van der Waals surface area contributed by atoms with Gasteiger partial charge in [0, 0.05) is 6.92 Å². The highest BCUT2D eigenvalue weighted by atomic mass is 35.5. The first kappa shape index (κ1) is 16.1. The van der Waals surface area contributed by atoms with Crippen LogP contribution in [0.2, 0.25) is 5.02 Å². The zero-order valence-corrected chi connectivity index (χ0v) is 15.1. The summed E-state index contributed by atoms with van der Waals surface area (Å²) in [5, 5.41) is 0.419. The Balaban J connectivity index is 1.46. The first-order valence-corrected chi connectivity index (χ1v) is 9.43. The Morgan fingerprint density at radius 1 is 1.12 bits per heavy atom. The fraction of sp³-hybridized carbons (Fsp3) is 0.450. The molecule has 2 bridgehead atoms. The van der Waals surface area contributed by atoms with Crippen LogP contribution in [0, 0.1) is 35.5 Å². The molecule has 1 aromatic carbocycles. The molecule has 1 saturated heterocycles. The Morgan fingerprint density at radius 3 is 2.23 bits per heavy atom. The lowest BCUT2D eigenvalue weighted by molar-refractivity contribution is -0.140. The van der Waals surface area contributed by atoms with Crippen LogP contribution in [0.1, 0.15) is 13.3 Å². The summed E-state index contributed by atoms with van der Waals surface area (Å²) in [5.41, 5.74) is 0.515. The molecule has 3 fully saturated rings. The van der Waals surface area contributed by atoms with Gasteiger partial charge in [0.1, 0.15) is 6.67 Å². The largest absolute Gasteiger partial charge is 0.292 e. The monoisotopic (exact) mass is 370 g/mol. The van der Waals surface area contributed by atoms with Crippen LogP contribution in [0.15, 0.2) is 36.4 Å². The Labute approximate surface area is 156 Å². The molecule has 0 radical (unpaired) electrons. The Kier molecular flexibility index (Phi) is 3.35. The van der Waals surface area contributed by atoms with Crippen molar-refractivity contribution in [1.82, 2.24) is 4.90 Å². The van der Waals surface area contributed by atoms with Crippen molar-refractivity contribution in [3.05, 3.63) is 41.4 Å². The normalized spacial score (nSPS) is 36.2. The smallest absolute Gasteiger partial charge is 0.235 e. The molecule has 0 spiro atoms. The van der Waals surface area contributed by atoms with Gasteiger partial charge in [0.2, 0.25) is 17.7 Å². The SMILES string of the molecule is CC(=O)N(CN1C(=O)[C@@H]2[C@@H]3C=C[C@H]([C@H]4C[C@H]34)[C@@H]2C1=O)c1ccccc1Cl. The molecular formula is C20H19ClN2O3. The molecule has 0 N–H and O–H groups in total. The van der Waals surface area contributed by atoms with E-state index < -0.39 is 0 Å². The highest BCUT2D eigenvalue weighted by Gasteiger charge is 2.67. The minimum atomic E-state index is -0.252. The first-order valence-electron chi connectivity index (χ1n) is 9.05. The van der Waals surface area contributed by atoms with E-state index in [1.165, 1.54) is 16.7 Å². The number of carbonyl (C=O) groups excluding carboxylic acids is 3. The second-order valence-electron chi connectivity index (χ2n) is 7.80. The van der Waals surface area contributed by atoms with Gasteiger partial charge in [-0.05, 0) is 42.2 Å². The van der Waals surface area contributed by atoms with E-state index in [2.05, 4.69) is 12.2 Å². The van der Waals surface area contributed by atoms with Crippen LogP contribution < -0.4 is 4.90 Å². The van der Waals surface area contributed by atoms with E-state index in [4.69, 9.17) is 11.6 Å². The van der Waals surface area contributed by atoms with Crippen molar-refractivity contribution in [2.45, 2.75) is 13.3 Å². The van der Waals surface area contributed by atoms with Gasteiger partial charge in [0.25, 0.3) is 0 Å². The number of hydrogen-bond donors (Lipinski definition) is 0. The molecule has 0 unspecified atom stereocenters. The average molecular weight is 371 g/mol. The van der Waals surface area contributed by atoms with Crippen molar-refractivity contribution in [3.63, 3.8) is 0 Å². The highest BCUT2D eigenvalue weighted by molar-refractivity contribution is 6.33. The molecule has 6 rings (SSSR count). The Hall–Kier alpha value is -2.14. The van der Waals surface area contributed by atoms with Gasteiger partial charge < -0.3 is 0 Å². The molecule has 1 aliphatic heterocycles. The number of allylic oxidation sites excluding steroid dienone is 2. The number of imide groups is 1. The summed E-state index contributed by atoms with van der Waals surface area (Å²) in [6, 6.07) is 6.98. The zero-order valence-electron chi connectivity index (χ0n) is 14.3. The molecule has 6 heteroatoms. The van der Waals surface area contributed by atoms with Gasteiger partial charge in [0.15, 0.2) is 0 Å². The van der Waals surface area contributed by atoms with Crippen LogP contribution in [0.3, 0.4) is 0 Å². The summed E-state index contributed by atoms with van der Waals surface area (Å²) in [6.07, 6.45) is 5.42. The predicted octanol–water partition coefficient (Wildman–Crippen LogP) is 2.70. The lowest BCUT2D eigenvalue weighted by Gasteiger charge is -2.37. The maximum absolute atomic E-state index is 13.1. The summed E-state index contributed by atoms with van der Waals surface area (Å²) < 4.78 is 0. The number of para-hydroxylation sites is 1. The van der Waals surface area contributed by atoms with Crippen molar-refractivity contribution in [1.29, 1.82) is 0 Å². The van der Waals surface area contributed by atoms with Gasteiger partial charge in [-0.2, -0.15) is 0 Å². The molecule has 1 aromatic rings. The predicted molar refractivity (Wildman–Crippen MR) is 96.0 cm³/mol. The van der Waals surface area contributed by atoms with Crippen LogP contribution in [0.5, 0.6) is 0 Å². The Bertz CT molecular complexity index is 830. The maximum Gasteiger partial charge on any atom is 0.235 e. The number of halogens is 1. The van der Waals surface area contributed by atoms with Crippen LogP contribution in [0.25, 0.3) is 0 Å². The molecule has 4 aliphatic carbocycles. The molecule has 1 heterocycles. The van der Waals surface area contributed by atoms with Crippen molar-refractivity contribution in [3.8, 4) is 0 Å². The second-order valence-corrected chi connectivity index (χ2v) is 8.21. The third-order valence-corrected chi connectivity index (χ3v) is 6.88. The van der Waals surface area contributed by atoms with E-state index in [1.54, 1.807) is 24.3 Å². The molecule has 6 atom stereocenters. The first-order chi connectivity index (χ1) is 12.5. The number of rotatable bonds is 3. The molecule has 134 valence electrons. The summed E-state index contributed by atoms with van der Waals surface area (Å²) in [6.45, 7) is 1.35. The van der Waals surface area contributed by atoms with Crippen molar-refractivity contribution < 1.29 is 14.4 Å². The number of benzene rings is 1. The molecule has 0 aromatic heterocycles. The summed E-state index contributed by atoms with van der Waals surface area (Å²) in [7, 11) is 0. The van der Waals surface area contributed by atoms with E-state index in [0.29, 0.717) is 22.5 Å². The molecular weight excluding hydrogens is 352 g/mol. The fourth-order valence-electron chi connectivity index (χ4n) is 5.32. The Morgan fingerprint density at radius 2 is 1.69 bits per heavy atom. The van der Waals surface area contributed by atoms with Gasteiger partial charge in [-0.3, -0.25) is 24.2 Å². The lowest BCUT2D eigenvalue weighted by atomic mass is 9.63. The van der Waals surface area contributed by atoms with Crippen molar-refractivity contribution in [2.24, 2.45) is 35.5 Å². The van der Waals surface area contributed by atoms with Crippen LogP contribution in [-0.4, -0.2) is 29.3 Å². The summed E-state index contributed by atoms with van der Waals surface area (Å²) >= 11 is 6.23. The minimum Gasteiger partial charge on any atom is -0.292 e. The number of anilines is 1. The maximum atomic E-state index is 13.1. The van der Waals surface area contributed by atoms with Gasteiger partial charge in [0.05, 0.1) is 22.5 Å². The van der Waals surface area contributed by atoms with Gasteiger partial charge in [-0.15, -0.1) is 0 Å². The van der Waals surface area contributed by atoms with Crippen LogP contribution >= 0.6 is 11.6 Å².